The molecule has 0 N–H and O–H groups in total. The summed E-state index contributed by atoms with van der Waals surface area (Å²) in [6, 6.07) is 7.12. The number of halogens is 1. The van der Waals surface area contributed by atoms with Crippen LogP contribution in [0.1, 0.15) is 30.1 Å². The largest absolute Gasteiger partial charge is 0.338 e. The van der Waals surface area contributed by atoms with Crippen molar-refractivity contribution in [2.75, 3.05) is 13.1 Å². The molecule has 1 atom stereocenters. The molecule has 1 saturated heterocycles. The zero-order valence-electron chi connectivity index (χ0n) is 9.45. The zero-order valence-corrected chi connectivity index (χ0v) is 10.2. The van der Waals surface area contributed by atoms with Gasteiger partial charge in [0.2, 0.25) is 0 Å². The molecular formula is C13H16ClNO. The Labute approximate surface area is 101 Å². The van der Waals surface area contributed by atoms with Crippen LogP contribution in [0, 0.1) is 5.92 Å². The molecule has 1 fully saturated rings. The van der Waals surface area contributed by atoms with E-state index in [1.807, 2.05) is 4.90 Å². The van der Waals surface area contributed by atoms with Crippen LogP contribution >= 0.6 is 11.6 Å². The van der Waals surface area contributed by atoms with Gasteiger partial charge in [0.15, 0.2) is 0 Å². The summed E-state index contributed by atoms with van der Waals surface area (Å²) >= 11 is 5.80. The van der Waals surface area contributed by atoms with Crippen LogP contribution in [0.4, 0.5) is 0 Å². The Kier molecular flexibility index (Phi) is 3.49. The average molecular weight is 238 g/mol. The molecule has 3 heteroatoms. The van der Waals surface area contributed by atoms with Crippen LogP contribution in [0.3, 0.4) is 0 Å². The number of amides is 1. The molecule has 1 aromatic rings. The van der Waals surface area contributed by atoms with E-state index in [4.69, 9.17) is 11.6 Å². The summed E-state index contributed by atoms with van der Waals surface area (Å²) in [6.45, 7) is 3.95. The van der Waals surface area contributed by atoms with Gasteiger partial charge in [-0.3, -0.25) is 4.79 Å². The van der Waals surface area contributed by atoms with Crippen LogP contribution in [0.2, 0.25) is 5.02 Å². The van der Waals surface area contributed by atoms with Crippen molar-refractivity contribution >= 4 is 17.5 Å². The highest BCUT2D eigenvalue weighted by Crippen LogP contribution is 2.18. The molecule has 1 aliphatic rings. The van der Waals surface area contributed by atoms with Crippen molar-refractivity contribution in [1.29, 1.82) is 0 Å². The van der Waals surface area contributed by atoms with Gasteiger partial charge in [0, 0.05) is 23.7 Å². The van der Waals surface area contributed by atoms with Crippen molar-refractivity contribution in [3.8, 4) is 0 Å². The predicted octanol–water partition coefficient (Wildman–Crippen LogP) is 3.21. The number of hydrogen-bond acceptors (Lipinski definition) is 1. The molecule has 1 aromatic carbocycles. The highest BCUT2D eigenvalue weighted by atomic mass is 35.5. The number of carbonyl (C=O) groups is 1. The van der Waals surface area contributed by atoms with Gasteiger partial charge in [-0.1, -0.05) is 18.5 Å². The number of piperidine rings is 1. The van der Waals surface area contributed by atoms with Gasteiger partial charge in [0.05, 0.1) is 0 Å². The number of benzene rings is 1. The van der Waals surface area contributed by atoms with Crippen LogP contribution in [-0.2, 0) is 0 Å². The molecule has 16 heavy (non-hydrogen) atoms. The van der Waals surface area contributed by atoms with E-state index >= 15 is 0 Å². The second-order valence-corrected chi connectivity index (χ2v) is 4.94. The molecule has 1 aliphatic heterocycles. The lowest BCUT2D eigenvalue weighted by Crippen LogP contribution is -2.39. The first-order valence-corrected chi connectivity index (χ1v) is 6.09. The fourth-order valence-corrected chi connectivity index (χ4v) is 2.27. The van der Waals surface area contributed by atoms with Crippen molar-refractivity contribution < 1.29 is 4.79 Å². The molecule has 2 nitrogen and oxygen atoms in total. The minimum atomic E-state index is 0.128. The minimum Gasteiger partial charge on any atom is -0.338 e. The maximum Gasteiger partial charge on any atom is 0.253 e. The molecule has 0 saturated carbocycles. The van der Waals surface area contributed by atoms with Gasteiger partial charge in [0.25, 0.3) is 5.91 Å². The van der Waals surface area contributed by atoms with E-state index in [9.17, 15) is 4.79 Å². The molecule has 1 amide bonds. The average Bonchev–Trinajstić information content (AvgIpc) is 2.29. The molecule has 1 heterocycles. The summed E-state index contributed by atoms with van der Waals surface area (Å²) in [4.78, 5) is 14.1. The summed E-state index contributed by atoms with van der Waals surface area (Å²) in [5, 5.41) is 0.670. The highest BCUT2D eigenvalue weighted by Gasteiger charge is 2.21. The lowest BCUT2D eigenvalue weighted by molar-refractivity contribution is 0.0683. The molecule has 0 aliphatic carbocycles. The first kappa shape index (κ1) is 11.5. The summed E-state index contributed by atoms with van der Waals surface area (Å²) in [5.41, 5.74) is 0.735. The van der Waals surface area contributed by atoms with Gasteiger partial charge >= 0.3 is 0 Å². The molecule has 1 unspecified atom stereocenters. The van der Waals surface area contributed by atoms with Crippen molar-refractivity contribution in [3.63, 3.8) is 0 Å². The van der Waals surface area contributed by atoms with Gasteiger partial charge in [-0.15, -0.1) is 0 Å². The highest BCUT2D eigenvalue weighted by molar-refractivity contribution is 6.30. The van der Waals surface area contributed by atoms with E-state index in [0.29, 0.717) is 10.9 Å². The quantitative estimate of drug-likeness (QED) is 0.735. The molecule has 86 valence electrons. The first-order valence-electron chi connectivity index (χ1n) is 5.71. The third kappa shape index (κ3) is 2.56. The first-order chi connectivity index (χ1) is 7.66. The van der Waals surface area contributed by atoms with Gasteiger partial charge < -0.3 is 4.90 Å². The summed E-state index contributed by atoms with van der Waals surface area (Å²) < 4.78 is 0. The van der Waals surface area contributed by atoms with Gasteiger partial charge in [-0.05, 0) is 43.0 Å². The van der Waals surface area contributed by atoms with Crippen molar-refractivity contribution in [1.82, 2.24) is 4.90 Å². The van der Waals surface area contributed by atoms with Gasteiger partial charge in [-0.2, -0.15) is 0 Å². The zero-order chi connectivity index (χ0) is 11.5. The Morgan fingerprint density at radius 3 is 2.69 bits per heavy atom. The fourth-order valence-electron chi connectivity index (χ4n) is 2.15. The second kappa shape index (κ2) is 4.88. The normalized spacial score (nSPS) is 20.9. The lowest BCUT2D eigenvalue weighted by atomic mass is 9.99. The Bertz CT molecular complexity index is 374. The minimum absolute atomic E-state index is 0.128. The number of likely N-dealkylation sites (tertiary alicyclic amines) is 1. The Hall–Kier alpha value is -1.02. The Balaban J connectivity index is 2.09. The van der Waals surface area contributed by atoms with Crippen LogP contribution in [0.25, 0.3) is 0 Å². The van der Waals surface area contributed by atoms with Crippen molar-refractivity contribution in [2.24, 2.45) is 5.92 Å². The lowest BCUT2D eigenvalue weighted by Gasteiger charge is -2.31. The molecule has 0 aromatic heterocycles. The number of carbonyl (C=O) groups excluding carboxylic acids is 1. The molecule has 0 spiro atoms. The van der Waals surface area contributed by atoms with Crippen molar-refractivity contribution in [2.45, 2.75) is 19.8 Å². The topological polar surface area (TPSA) is 20.3 Å². The molecular weight excluding hydrogens is 222 g/mol. The Morgan fingerprint density at radius 1 is 1.38 bits per heavy atom. The number of hydrogen-bond donors (Lipinski definition) is 0. The maximum absolute atomic E-state index is 12.1. The van der Waals surface area contributed by atoms with Crippen LogP contribution in [-0.4, -0.2) is 23.9 Å². The van der Waals surface area contributed by atoms with Gasteiger partial charge in [-0.25, -0.2) is 0 Å². The predicted molar refractivity (Wildman–Crippen MR) is 65.8 cm³/mol. The third-order valence-corrected chi connectivity index (χ3v) is 3.29. The van der Waals surface area contributed by atoms with Crippen LogP contribution in [0.5, 0.6) is 0 Å². The molecule has 2 rings (SSSR count). The smallest absolute Gasteiger partial charge is 0.253 e. The SMILES string of the molecule is CC1CCCN(C(=O)c2ccc(Cl)cc2)C1. The molecule has 0 radical (unpaired) electrons. The standard InChI is InChI=1S/C13H16ClNO/c1-10-3-2-8-15(9-10)13(16)11-4-6-12(14)7-5-11/h4-7,10H,2-3,8-9H2,1H3. The van der Waals surface area contributed by atoms with E-state index in [0.717, 1.165) is 25.1 Å². The summed E-state index contributed by atoms with van der Waals surface area (Å²) in [7, 11) is 0. The third-order valence-electron chi connectivity index (χ3n) is 3.04. The van der Waals surface area contributed by atoms with Crippen LogP contribution < -0.4 is 0 Å². The maximum atomic E-state index is 12.1. The summed E-state index contributed by atoms with van der Waals surface area (Å²) in [5.74, 6) is 0.744. The van der Waals surface area contributed by atoms with E-state index < -0.39 is 0 Å². The number of nitrogens with zero attached hydrogens (tertiary/aromatic N) is 1. The van der Waals surface area contributed by atoms with Crippen molar-refractivity contribution in [3.05, 3.63) is 34.9 Å². The monoisotopic (exact) mass is 237 g/mol. The van der Waals surface area contributed by atoms with E-state index in [-0.39, 0.29) is 5.91 Å². The fraction of sp³-hybridized carbons (Fsp3) is 0.462. The number of rotatable bonds is 1. The van der Waals surface area contributed by atoms with Crippen LogP contribution in [0.15, 0.2) is 24.3 Å². The van der Waals surface area contributed by atoms with E-state index in [1.54, 1.807) is 24.3 Å². The Morgan fingerprint density at radius 2 is 2.06 bits per heavy atom. The van der Waals surface area contributed by atoms with E-state index in [2.05, 4.69) is 6.92 Å². The van der Waals surface area contributed by atoms with E-state index in [1.165, 1.54) is 6.42 Å². The van der Waals surface area contributed by atoms with Gasteiger partial charge in [0.1, 0.15) is 0 Å². The second-order valence-electron chi connectivity index (χ2n) is 4.51. The molecule has 0 bridgehead atoms. The summed E-state index contributed by atoms with van der Waals surface area (Å²) in [6.07, 6.45) is 2.34.